The fourth-order valence-corrected chi connectivity index (χ4v) is 5.25. The molecule has 0 radical (unpaired) electrons. The van der Waals surface area contributed by atoms with E-state index in [-0.39, 0.29) is 11.2 Å². The molecule has 0 aromatic heterocycles. The summed E-state index contributed by atoms with van der Waals surface area (Å²) in [5, 5.41) is 30.6. The number of aryl methyl sites for hydroxylation is 4. The number of phenolic OH excluding ortho intramolecular Hbond substituents is 3. The molecule has 0 fully saturated rings. The van der Waals surface area contributed by atoms with Crippen molar-refractivity contribution in [1.29, 1.82) is 0 Å². The molecule has 0 spiro atoms. The van der Waals surface area contributed by atoms with Gasteiger partial charge in [0.25, 0.3) is 0 Å². The van der Waals surface area contributed by atoms with Crippen LogP contribution in [0.15, 0.2) is 72.8 Å². The van der Waals surface area contributed by atoms with Crippen molar-refractivity contribution in [2.24, 2.45) is 0 Å². The lowest BCUT2D eigenvalue weighted by Gasteiger charge is -2.34. The summed E-state index contributed by atoms with van der Waals surface area (Å²) in [5.41, 5.74) is 8.23. The molecule has 3 heteroatoms. The Kier molecular flexibility index (Phi) is 6.38. The minimum Gasteiger partial charge on any atom is -0.508 e. The zero-order chi connectivity index (χ0) is 26.4. The summed E-state index contributed by atoms with van der Waals surface area (Å²) in [6.45, 7) is 14.3. The third-order valence-corrected chi connectivity index (χ3v) is 7.91. The summed E-state index contributed by atoms with van der Waals surface area (Å²) >= 11 is 0. The second kappa shape index (κ2) is 9.05. The molecular formula is C33H36O3. The minimum absolute atomic E-state index is 0.236. The molecule has 4 aromatic carbocycles. The summed E-state index contributed by atoms with van der Waals surface area (Å²) in [4.78, 5) is 0. The molecule has 0 saturated carbocycles. The molecule has 0 atom stereocenters. The summed E-state index contributed by atoms with van der Waals surface area (Å²) in [6.07, 6.45) is 0. The van der Waals surface area contributed by atoms with Gasteiger partial charge in [-0.1, -0.05) is 74.5 Å². The maximum Gasteiger partial charge on any atom is 0.121 e. The molecule has 0 aliphatic carbocycles. The smallest absolute Gasteiger partial charge is 0.121 e. The van der Waals surface area contributed by atoms with Gasteiger partial charge in [0.2, 0.25) is 0 Å². The van der Waals surface area contributed by atoms with Crippen molar-refractivity contribution in [2.75, 3.05) is 0 Å². The van der Waals surface area contributed by atoms with Crippen LogP contribution in [-0.2, 0) is 10.8 Å². The topological polar surface area (TPSA) is 60.7 Å². The van der Waals surface area contributed by atoms with Crippen molar-refractivity contribution in [3.63, 3.8) is 0 Å². The quantitative estimate of drug-likeness (QED) is 0.256. The van der Waals surface area contributed by atoms with Crippen molar-refractivity contribution in [1.82, 2.24) is 0 Å². The van der Waals surface area contributed by atoms with E-state index in [2.05, 4.69) is 69.3 Å². The van der Waals surface area contributed by atoms with E-state index in [9.17, 15) is 15.3 Å². The lowest BCUT2D eigenvalue weighted by atomic mass is 9.69. The van der Waals surface area contributed by atoms with Gasteiger partial charge in [0, 0.05) is 10.8 Å². The van der Waals surface area contributed by atoms with Crippen LogP contribution in [0, 0.1) is 27.7 Å². The third kappa shape index (κ3) is 4.24. The predicted molar refractivity (Wildman–Crippen MR) is 147 cm³/mol. The van der Waals surface area contributed by atoms with Crippen LogP contribution in [0.5, 0.6) is 17.2 Å². The number of benzene rings is 4. The van der Waals surface area contributed by atoms with Crippen LogP contribution in [0.2, 0.25) is 0 Å². The minimum atomic E-state index is -0.506. The molecule has 0 aliphatic heterocycles. The normalized spacial score (nSPS) is 12.1. The van der Waals surface area contributed by atoms with Crippen LogP contribution >= 0.6 is 0 Å². The van der Waals surface area contributed by atoms with Crippen molar-refractivity contribution >= 4 is 0 Å². The van der Waals surface area contributed by atoms with Crippen LogP contribution in [0.4, 0.5) is 0 Å². The molecule has 3 N–H and O–H groups in total. The van der Waals surface area contributed by atoms with Crippen LogP contribution in [0.25, 0.3) is 0 Å². The maximum atomic E-state index is 10.5. The van der Waals surface area contributed by atoms with Crippen LogP contribution < -0.4 is 0 Å². The SMILES string of the molecule is Cc1cc(C(C)(c2ccc(C(C)(C)c3ccc(O)cc3)cc2)c2cc(C)c(O)c(C)c2)cc(C)c1O. The van der Waals surface area contributed by atoms with Crippen LogP contribution in [-0.4, -0.2) is 15.3 Å². The van der Waals surface area contributed by atoms with Crippen molar-refractivity contribution in [2.45, 2.75) is 59.3 Å². The number of rotatable bonds is 5. The fourth-order valence-electron chi connectivity index (χ4n) is 5.25. The van der Waals surface area contributed by atoms with E-state index in [0.29, 0.717) is 11.5 Å². The Labute approximate surface area is 214 Å². The van der Waals surface area contributed by atoms with E-state index in [1.807, 2.05) is 39.8 Å². The Balaban J connectivity index is 1.90. The molecule has 4 rings (SSSR count). The summed E-state index contributed by atoms with van der Waals surface area (Å²) in [7, 11) is 0. The van der Waals surface area contributed by atoms with E-state index in [0.717, 1.165) is 44.5 Å². The van der Waals surface area contributed by atoms with Gasteiger partial charge in [0.15, 0.2) is 0 Å². The van der Waals surface area contributed by atoms with Gasteiger partial charge < -0.3 is 15.3 Å². The van der Waals surface area contributed by atoms with E-state index >= 15 is 0 Å². The van der Waals surface area contributed by atoms with Crippen molar-refractivity contribution < 1.29 is 15.3 Å². The monoisotopic (exact) mass is 480 g/mol. The van der Waals surface area contributed by atoms with Crippen molar-refractivity contribution in [3.8, 4) is 17.2 Å². The molecule has 0 bridgehead atoms. The highest BCUT2D eigenvalue weighted by atomic mass is 16.3. The van der Waals surface area contributed by atoms with E-state index < -0.39 is 5.41 Å². The summed E-state index contributed by atoms with van der Waals surface area (Å²) in [5.74, 6) is 0.912. The molecule has 186 valence electrons. The third-order valence-electron chi connectivity index (χ3n) is 7.91. The zero-order valence-corrected chi connectivity index (χ0v) is 22.3. The molecule has 36 heavy (non-hydrogen) atoms. The first kappa shape index (κ1) is 25.4. The van der Waals surface area contributed by atoms with Crippen LogP contribution in [0.1, 0.15) is 70.8 Å². The highest BCUT2D eigenvalue weighted by Gasteiger charge is 2.34. The van der Waals surface area contributed by atoms with Gasteiger partial charge in [0.1, 0.15) is 17.2 Å². The first-order chi connectivity index (χ1) is 16.9. The Morgan fingerprint density at radius 2 is 0.750 bits per heavy atom. The van der Waals surface area contributed by atoms with E-state index in [1.165, 1.54) is 5.56 Å². The van der Waals surface area contributed by atoms with Gasteiger partial charge in [-0.15, -0.1) is 0 Å². The highest BCUT2D eigenvalue weighted by molar-refractivity contribution is 5.57. The Bertz CT molecular complexity index is 1310. The zero-order valence-electron chi connectivity index (χ0n) is 22.3. The van der Waals surface area contributed by atoms with E-state index in [4.69, 9.17) is 0 Å². The fraction of sp³-hybridized carbons (Fsp3) is 0.273. The largest absolute Gasteiger partial charge is 0.508 e. The second-order valence-electron chi connectivity index (χ2n) is 10.8. The molecule has 3 nitrogen and oxygen atoms in total. The molecule has 0 heterocycles. The number of phenols is 3. The second-order valence-corrected chi connectivity index (χ2v) is 10.8. The van der Waals surface area contributed by atoms with Crippen LogP contribution in [0.3, 0.4) is 0 Å². The standard InChI is InChI=1S/C33H36O3/c1-20-16-27(17-21(2)30(20)35)33(7,28-18-22(3)31(36)23(4)19-28)26-10-8-24(9-11-26)32(5,6)25-12-14-29(34)15-13-25/h8-19,34-36H,1-7H3. The lowest BCUT2D eigenvalue weighted by Crippen LogP contribution is -2.27. The number of hydrogen-bond acceptors (Lipinski definition) is 3. The number of hydrogen-bond donors (Lipinski definition) is 3. The Morgan fingerprint density at radius 3 is 1.11 bits per heavy atom. The van der Waals surface area contributed by atoms with Gasteiger partial charge in [-0.2, -0.15) is 0 Å². The summed E-state index contributed by atoms with van der Waals surface area (Å²) in [6, 6.07) is 24.4. The molecule has 0 aliphatic rings. The average Bonchev–Trinajstić information content (AvgIpc) is 2.85. The lowest BCUT2D eigenvalue weighted by molar-refractivity contribution is 0.465. The van der Waals surface area contributed by atoms with Gasteiger partial charge in [-0.3, -0.25) is 0 Å². The first-order valence-corrected chi connectivity index (χ1v) is 12.4. The first-order valence-electron chi connectivity index (χ1n) is 12.4. The molecule has 0 unspecified atom stereocenters. The Hall–Kier alpha value is -3.72. The molecule has 0 amide bonds. The average molecular weight is 481 g/mol. The maximum absolute atomic E-state index is 10.5. The van der Waals surface area contributed by atoms with E-state index in [1.54, 1.807) is 12.1 Å². The summed E-state index contributed by atoms with van der Waals surface area (Å²) < 4.78 is 0. The van der Waals surface area contributed by atoms with Gasteiger partial charge in [-0.25, -0.2) is 0 Å². The van der Waals surface area contributed by atoms with Crippen molar-refractivity contribution in [3.05, 3.63) is 123 Å². The predicted octanol–water partition coefficient (Wildman–Crippen LogP) is 7.72. The molecule has 0 saturated heterocycles. The van der Waals surface area contributed by atoms with Gasteiger partial charge >= 0.3 is 0 Å². The van der Waals surface area contributed by atoms with Gasteiger partial charge in [0.05, 0.1) is 0 Å². The molecule has 4 aromatic rings. The Morgan fingerprint density at radius 1 is 0.444 bits per heavy atom. The highest BCUT2D eigenvalue weighted by Crippen LogP contribution is 2.44. The molecular weight excluding hydrogens is 444 g/mol. The number of aromatic hydroxyl groups is 3. The van der Waals surface area contributed by atoms with Gasteiger partial charge in [-0.05, 0) is 96.8 Å².